The van der Waals surface area contributed by atoms with Crippen LogP contribution in [0.4, 0.5) is 9.52 Å². The van der Waals surface area contributed by atoms with Crippen LogP contribution < -0.4 is 10.1 Å². The summed E-state index contributed by atoms with van der Waals surface area (Å²) >= 11 is 2.88. The molecule has 0 aliphatic rings. The molecule has 1 heterocycles. The first-order valence-corrected chi connectivity index (χ1v) is 8.01. The third kappa shape index (κ3) is 4.40. The van der Waals surface area contributed by atoms with Crippen LogP contribution >= 0.6 is 23.1 Å². The van der Waals surface area contributed by atoms with Crippen LogP contribution in [0.1, 0.15) is 12.5 Å². The van der Waals surface area contributed by atoms with Crippen LogP contribution in [0.3, 0.4) is 0 Å². The molecule has 1 aromatic heterocycles. The van der Waals surface area contributed by atoms with Crippen molar-refractivity contribution in [1.29, 1.82) is 0 Å². The molecule has 8 heteroatoms. The molecule has 2 aromatic rings. The van der Waals surface area contributed by atoms with Gasteiger partial charge in [0.25, 0.3) is 0 Å². The number of methoxy groups -OCH3 is 1. The second-order valence-corrected chi connectivity index (χ2v) is 6.49. The van der Waals surface area contributed by atoms with Gasteiger partial charge in [0.15, 0.2) is 15.9 Å². The summed E-state index contributed by atoms with van der Waals surface area (Å²) < 4.78 is 19.2. The highest BCUT2D eigenvalue weighted by molar-refractivity contribution is 8.01. The number of thioether (sulfide) groups is 1. The van der Waals surface area contributed by atoms with Gasteiger partial charge in [-0.2, -0.15) is 0 Å². The fourth-order valence-corrected chi connectivity index (χ4v) is 3.28. The minimum Gasteiger partial charge on any atom is -0.494 e. The molecule has 0 fully saturated rings. The van der Waals surface area contributed by atoms with Gasteiger partial charge in [0, 0.05) is 0 Å². The van der Waals surface area contributed by atoms with Gasteiger partial charge in [-0.25, -0.2) is 4.39 Å². The minimum atomic E-state index is -0.486. The molecule has 1 amide bonds. The van der Waals surface area contributed by atoms with E-state index in [1.807, 2.05) is 6.92 Å². The standard InChI is InChI=1S/C13H14FN3O2S2/c1-3-20-13-17-16-12(21-13)15-11(18)7-8-4-5-10(19-2)9(14)6-8/h4-6H,3,7H2,1-2H3,(H,15,16,18). The third-order valence-corrected chi connectivity index (χ3v) is 4.36. The number of benzene rings is 1. The van der Waals surface area contributed by atoms with Crippen molar-refractivity contribution < 1.29 is 13.9 Å². The molecule has 1 N–H and O–H groups in total. The van der Waals surface area contributed by atoms with Crippen LogP contribution in [0.15, 0.2) is 22.5 Å². The van der Waals surface area contributed by atoms with Crippen molar-refractivity contribution in [3.05, 3.63) is 29.6 Å². The maximum atomic E-state index is 13.5. The van der Waals surface area contributed by atoms with Gasteiger partial charge in [-0.15, -0.1) is 10.2 Å². The summed E-state index contributed by atoms with van der Waals surface area (Å²) in [6, 6.07) is 4.44. The molecule has 112 valence electrons. The summed E-state index contributed by atoms with van der Waals surface area (Å²) in [6.07, 6.45) is 0.0662. The minimum absolute atomic E-state index is 0.0662. The predicted octanol–water partition coefficient (Wildman–Crippen LogP) is 2.98. The van der Waals surface area contributed by atoms with Gasteiger partial charge in [0.2, 0.25) is 11.0 Å². The van der Waals surface area contributed by atoms with Crippen molar-refractivity contribution in [2.75, 3.05) is 18.2 Å². The number of halogens is 1. The van der Waals surface area contributed by atoms with Crippen LogP contribution in [-0.4, -0.2) is 29.0 Å². The molecular weight excluding hydrogens is 313 g/mol. The average Bonchev–Trinajstić information content (AvgIpc) is 2.86. The second kappa shape index (κ2) is 7.37. The van der Waals surface area contributed by atoms with E-state index in [2.05, 4.69) is 15.5 Å². The molecular formula is C13H14FN3O2S2. The van der Waals surface area contributed by atoms with Crippen molar-refractivity contribution in [1.82, 2.24) is 10.2 Å². The predicted molar refractivity (Wildman–Crippen MR) is 81.6 cm³/mol. The Morgan fingerprint density at radius 3 is 2.95 bits per heavy atom. The number of carbonyl (C=O) groups excluding carboxylic acids is 1. The monoisotopic (exact) mass is 327 g/mol. The molecule has 0 atom stereocenters. The van der Waals surface area contributed by atoms with Gasteiger partial charge in [-0.05, 0) is 23.4 Å². The summed E-state index contributed by atoms with van der Waals surface area (Å²) in [4.78, 5) is 11.9. The van der Waals surface area contributed by atoms with Crippen LogP contribution in [0.5, 0.6) is 5.75 Å². The van der Waals surface area contributed by atoms with Crippen LogP contribution in [0.2, 0.25) is 0 Å². The van der Waals surface area contributed by atoms with Gasteiger partial charge in [0.1, 0.15) is 0 Å². The van der Waals surface area contributed by atoms with Crippen molar-refractivity contribution in [2.24, 2.45) is 0 Å². The fourth-order valence-electron chi connectivity index (χ4n) is 1.61. The van der Waals surface area contributed by atoms with E-state index in [1.54, 1.807) is 17.8 Å². The average molecular weight is 327 g/mol. The molecule has 0 radical (unpaired) electrons. The highest BCUT2D eigenvalue weighted by Crippen LogP contribution is 2.25. The first-order chi connectivity index (χ1) is 10.1. The zero-order chi connectivity index (χ0) is 15.2. The number of hydrogen-bond donors (Lipinski definition) is 1. The second-order valence-electron chi connectivity index (χ2n) is 4.00. The summed E-state index contributed by atoms with van der Waals surface area (Å²) in [5, 5.41) is 10.9. The molecule has 0 spiro atoms. The number of aromatic nitrogens is 2. The first-order valence-electron chi connectivity index (χ1n) is 6.21. The molecule has 0 aliphatic carbocycles. The van der Waals surface area contributed by atoms with E-state index in [1.165, 1.54) is 30.6 Å². The lowest BCUT2D eigenvalue weighted by atomic mass is 10.1. The topological polar surface area (TPSA) is 64.1 Å². The number of nitrogens with zero attached hydrogens (tertiary/aromatic N) is 2. The van der Waals surface area contributed by atoms with Crippen LogP contribution in [0, 0.1) is 5.82 Å². The van der Waals surface area contributed by atoms with Gasteiger partial charge in [-0.1, -0.05) is 36.1 Å². The molecule has 0 bridgehead atoms. The molecule has 5 nitrogen and oxygen atoms in total. The Morgan fingerprint density at radius 2 is 2.29 bits per heavy atom. The fraction of sp³-hybridized carbons (Fsp3) is 0.308. The Balaban J connectivity index is 1.96. The zero-order valence-corrected chi connectivity index (χ0v) is 13.2. The molecule has 0 aliphatic heterocycles. The summed E-state index contributed by atoms with van der Waals surface area (Å²) in [7, 11) is 1.39. The number of hydrogen-bond acceptors (Lipinski definition) is 6. The highest BCUT2D eigenvalue weighted by atomic mass is 32.2. The molecule has 2 rings (SSSR count). The molecule has 0 unspecified atom stereocenters. The first kappa shape index (κ1) is 15.7. The number of nitrogens with one attached hydrogen (secondary N) is 1. The van der Waals surface area contributed by atoms with Gasteiger partial charge < -0.3 is 10.1 Å². The Hall–Kier alpha value is -1.67. The number of amides is 1. The summed E-state index contributed by atoms with van der Waals surface area (Å²) in [5.74, 6) is 0.307. The molecule has 0 saturated heterocycles. The van der Waals surface area contributed by atoms with Crippen molar-refractivity contribution >= 4 is 34.1 Å². The van der Waals surface area contributed by atoms with Crippen LogP contribution in [0.25, 0.3) is 0 Å². The van der Waals surface area contributed by atoms with Gasteiger partial charge in [0.05, 0.1) is 13.5 Å². The highest BCUT2D eigenvalue weighted by Gasteiger charge is 2.10. The molecule has 21 heavy (non-hydrogen) atoms. The Labute approximate surface area is 129 Å². The van der Waals surface area contributed by atoms with E-state index in [-0.39, 0.29) is 18.1 Å². The van der Waals surface area contributed by atoms with Crippen molar-refractivity contribution in [3.63, 3.8) is 0 Å². The lowest BCUT2D eigenvalue weighted by Crippen LogP contribution is -2.14. The van der Waals surface area contributed by atoms with E-state index in [4.69, 9.17) is 4.74 Å². The lowest BCUT2D eigenvalue weighted by molar-refractivity contribution is -0.115. The van der Waals surface area contributed by atoms with Gasteiger partial charge in [-0.3, -0.25) is 4.79 Å². The van der Waals surface area contributed by atoms with Crippen molar-refractivity contribution in [3.8, 4) is 5.75 Å². The Kier molecular flexibility index (Phi) is 5.51. The summed E-state index contributed by atoms with van der Waals surface area (Å²) in [5.41, 5.74) is 0.568. The Bertz CT molecular complexity index is 634. The Morgan fingerprint density at radius 1 is 1.48 bits per heavy atom. The lowest BCUT2D eigenvalue weighted by Gasteiger charge is -2.05. The van der Waals surface area contributed by atoms with E-state index >= 15 is 0 Å². The maximum Gasteiger partial charge on any atom is 0.230 e. The van der Waals surface area contributed by atoms with E-state index in [9.17, 15) is 9.18 Å². The smallest absolute Gasteiger partial charge is 0.230 e. The number of rotatable bonds is 6. The number of ether oxygens (including phenoxy) is 1. The van der Waals surface area contributed by atoms with E-state index < -0.39 is 5.82 Å². The number of carbonyl (C=O) groups is 1. The third-order valence-electron chi connectivity index (χ3n) is 2.50. The van der Waals surface area contributed by atoms with Gasteiger partial charge >= 0.3 is 0 Å². The zero-order valence-electron chi connectivity index (χ0n) is 11.6. The van der Waals surface area contributed by atoms with Crippen molar-refractivity contribution in [2.45, 2.75) is 17.7 Å². The van der Waals surface area contributed by atoms with E-state index in [0.717, 1.165) is 10.1 Å². The molecule has 1 aromatic carbocycles. The quantitative estimate of drug-likeness (QED) is 0.653. The number of anilines is 1. The SMILES string of the molecule is CCSc1nnc(NC(=O)Cc2ccc(OC)c(F)c2)s1. The molecule has 0 saturated carbocycles. The van der Waals surface area contributed by atoms with Crippen LogP contribution in [-0.2, 0) is 11.2 Å². The maximum absolute atomic E-state index is 13.5. The van der Waals surface area contributed by atoms with E-state index in [0.29, 0.717) is 10.7 Å². The normalized spacial score (nSPS) is 10.4. The summed E-state index contributed by atoms with van der Waals surface area (Å²) in [6.45, 7) is 2.02. The largest absolute Gasteiger partial charge is 0.494 e.